The van der Waals surface area contributed by atoms with E-state index in [1.165, 1.54) is 29.2 Å². The Bertz CT molecular complexity index is 1190. The highest BCUT2D eigenvalue weighted by Gasteiger charge is 2.21. The van der Waals surface area contributed by atoms with Gasteiger partial charge in [-0.1, -0.05) is 54.2 Å². The number of hydrogen-bond donors (Lipinski definition) is 1. The fourth-order valence-corrected chi connectivity index (χ4v) is 4.74. The zero-order chi connectivity index (χ0) is 20.3. The average molecular weight is 416 g/mol. The molecule has 1 atom stereocenters. The van der Waals surface area contributed by atoms with E-state index in [1.807, 2.05) is 36.4 Å². The molecular formula is C23H21N5OS. The van der Waals surface area contributed by atoms with Crippen LogP contribution >= 0.6 is 11.8 Å². The number of aryl methyl sites for hydroxylation is 1. The lowest BCUT2D eigenvalue weighted by Gasteiger charge is -2.26. The van der Waals surface area contributed by atoms with Gasteiger partial charge in [0.25, 0.3) is 0 Å². The lowest BCUT2D eigenvalue weighted by atomic mass is 9.88. The highest BCUT2D eigenvalue weighted by molar-refractivity contribution is 8.00. The fraction of sp³-hybridized carbons (Fsp3) is 0.217. The molecule has 30 heavy (non-hydrogen) atoms. The van der Waals surface area contributed by atoms with E-state index in [0.717, 1.165) is 41.0 Å². The number of hydrogen-bond acceptors (Lipinski definition) is 5. The molecule has 0 saturated carbocycles. The number of thioether (sulfide) groups is 1. The average Bonchev–Trinajstić information content (AvgIpc) is 3.23. The molecule has 7 heteroatoms. The van der Waals surface area contributed by atoms with Crippen LogP contribution in [0.25, 0.3) is 16.7 Å². The summed E-state index contributed by atoms with van der Waals surface area (Å²) in [7, 11) is 0. The second kappa shape index (κ2) is 8.28. The van der Waals surface area contributed by atoms with Crippen LogP contribution in [0.15, 0.2) is 72.1 Å². The zero-order valence-corrected chi connectivity index (χ0v) is 17.2. The number of amides is 1. The van der Waals surface area contributed by atoms with Crippen molar-refractivity contribution in [3.8, 4) is 5.69 Å². The minimum absolute atomic E-state index is 0.0175. The second-order valence-corrected chi connectivity index (χ2v) is 8.27. The van der Waals surface area contributed by atoms with E-state index < -0.39 is 0 Å². The number of benzene rings is 2. The SMILES string of the molecule is O=C(CSc1ncnc2c1cnn2-c1ccccc1)N[C@H]1CCCc2ccccc21. The molecule has 0 spiro atoms. The molecule has 1 aliphatic rings. The number of nitrogens with one attached hydrogen (secondary N) is 1. The molecule has 1 amide bonds. The molecule has 4 aromatic rings. The highest BCUT2D eigenvalue weighted by atomic mass is 32.2. The van der Waals surface area contributed by atoms with Gasteiger partial charge in [-0.2, -0.15) is 5.10 Å². The summed E-state index contributed by atoms with van der Waals surface area (Å²) in [4.78, 5) is 21.4. The van der Waals surface area contributed by atoms with Crippen molar-refractivity contribution in [3.05, 3.63) is 78.2 Å². The van der Waals surface area contributed by atoms with Gasteiger partial charge < -0.3 is 5.32 Å². The lowest BCUT2D eigenvalue weighted by Crippen LogP contribution is -2.32. The number of rotatable bonds is 5. The van der Waals surface area contributed by atoms with Crippen molar-refractivity contribution in [2.75, 3.05) is 5.75 Å². The third-order valence-electron chi connectivity index (χ3n) is 5.37. The van der Waals surface area contributed by atoms with Crippen LogP contribution in [0.3, 0.4) is 0 Å². The van der Waals surface area contributed by atoms with Gasteiger partial charge in [-0.3, -0.25) is 4.79 Å². The Hall–Kier alpha value is -3.19. The molecule has 0 unspecified atom stereocenters. The molecule has 0 saturated heterocycles. The summed E-state index contributed by atoms with van der Waals surface area (Å²) in [5.74, 6) is 0.324. The van der Waals surface area contributed by atoms with E-state index in [2.05, 4.69) is 38.6 Å². The van der Waals surface area contributed by atoms with Gasteiger partial charge in [0.1, 0.15) is 11.4 Å². The first-order valence-corrected chi connectivity index (χ1v) is 11.0. The maximum atomic E-state index is 12.7. The van der Waals surface area contributed by atoms with E-state index in [0.29, 0.717) is 5.75 Å². The third-order valence-corrected chi connectivity index (χ3v) is 6.38. The number of carbonyl (C=O) groups is 1. The van der Waals surface area contributed by atoms with E-state index in [4.69, 9.17) is 0 Å². The predicted octanol–water partition coefficient (Wildman–Crippen LogP) is 4.10. The molecule has 150 valence electrons. The number of para-hydroxylation sites is 1. The number of nitrogens with zero attached hydrogens (tertiary/aromatic N) is 4. The van der Waals surface area contributed by atoms with Gasteiger partial charge >= 0.3 is 0 Å². The molecule has 0 bridgehead atoms. The van der Waals surface area contributed by atoms with Crippen molar-refractivity contribution in [2.24, 2.45) is 0 Å². The second-order valence-electron chi connectivity index (χ2n) is 7.31. The minimum atomic E-state index is 0.0175. The van der Waals surface area contributed by atoms with Crippen molar-refractivity contribution in [1.29, 1.82) is 0 Å². The molecule has 2 aromatic heterocycles. The Kier molecular flexibility index (Phi) is 5.19. The Morgan fingerprint density at radius 2 is 1.93 bits per heavy atom. The number of carbonyl (C=O) groups excluding carboxylic acids is 1. The highest BCUT2D eigenvalue weighted by Crippen LogP contribution is 2.30. The quantitative estimate of drug-likeness (QED) is 0.392. The van der Waals surface area contributed by atoms with Crippen molar-refractivity contribution in [1.82, 2.24) is 25.1 Å². The largest absolute Gasteiger partial charge is 0.349 e. The summed E-state index contributed by atoms with van der Waals surface area (Å²) in [6, 6.07) is 18.3. The first-order chi connectivity index (χ1) is 14.8. The standard InChI is InChI=1S/C23H21N5OS/c29-21(27-20-12-6-8-16-7-4-5-11-18(16)20)14-30-23-19-13-26-28(22(19)24-15-25-23)17-9-2-1-3-10-17/h1-5,7,9-11,13,15,20H,6,8,12,14H2,(H,27,29)/t20-/m0/s1. The fourth-order valence-electron chi connectivity index (χ4n) is 3.97. The Morgan fingerprint density at radius 1 is 1.10 bits per heavy atom. The van der Waals surface area contributed by atoms with Crippen molar-refractivity contribution in [2.45, 2.75) is 30.3 Å². The number of fused-ring (bicyclic) bond motifs is 2. The van der Waals surface area contributed by atoms with Crippen LogP contribution in [0.5, 0.6) is 0 Å². The summed E-state index contributed by atoms with van der Waals surface area (Å²) in [6.07, 6.45) is 6.46. The molecule has 5 rings (SSSR count). The van der Waals surface area contributed by atoms with Crippen molar-refractivity contribution >= 4 is 28.7 Å². The predicted molar refractivity (Wildman–Crippen MR) is 118 cm³/mol. The van der Waals surface area contributed by atoms with Crippen LogP contribution in [-0.2, 0) is 11.2 Å². The first kappa shape index (κ1) is 18.8. The normalized spacial score (nSPS) is 15.7. The summed E-state index contributed by atoms with van der Waals surface area (Å²) in [6.45, 7) is 0. The smallest absolute Gasteiger partial charge is 0.230 e. The van der Waals surface area contributed by atoms with Crippen molar-refractivity contribution in [3.63, 3.8) is 0 Å². The molecular weight excluding hydrogens is 394 g/mol. The van der Waals surface area contributed by atoms with Crippen molar-refractivity contribution < 1.29 is 4.79 Å². The third kappa shape index (κ3) is 3.68. The maximum absolute atomic E-state index is 12.7. The molecule has 6 nitrogen and oxygen atoms in total. The van der Waals surface area contributed by atoms with E-state index in [9.17, 15) is 4.79 Å². The van der Waals surface area contributed by atoms with Crippen LogP contribution in [0.4, 0.5) is 0 Å². The van der Waals surface area contributed by atoms with Gasteiger partial charge in [-0.15, -0.1) is 0 Å². The monoisotopic (exact) mass is 415 g/mol. The summed E-state index contributed by atoms with van der Waals surface area (Å²) >= 11 is 1.42. The van der Waals surface area contributed by atoms with E-state index in [1.54, 1.807) is 10.9 Å². The Labute approximate surface area is 178 Å². The van der Waals surface area contributed by atoms with E-state index >= 15 is 0 Å². The molecule has 1 aliphatic carbocycles. The van der Waals surface area contributed by atoms with Gasteiger partial charge in [0.05, 0.1) is 29.1 Å². The van der Waals surface area contributed by atoms with Crippen LogP contribution in [0.1, 0.15) is 30.0 Å². The summed E-state index contributed by atoms with van der Waals surface area (Å²) in [5.41, 5.74) is 4.26. The first-order valence-electron chi connectivity index (χ1n) is 10.0. The molecule has 2 aromatic carbocycles. The van der Waals surface area contributed by atoms with Gasteiger partial charge in [-0.25, -0.2) is 14.6 Å². The van der Waals surface area contributed by atoms with Gasteiger partial charge in [-0.05, 0) is 42.5 Å². The Morgan fingerprint density at radius 3 is 2.83 bits per heavy atom. The molecule has 0 radical (unpaired) electrons. The van der Waals surface area contributed by atoms with Crippen LogP contribution in [0, 0.1) is 0 Å². The van der Waals surface area contributed by atoms with Crippen LogP contribution in [-0.4, -0.2) is 31.4 Å². The Balaban J connectivity index is 1.30. The zero-order valence-electron chi connectivity index (χ0n) is 16.4. The van der Waals surface area contributed by atoms with Gasteiger partial charge in [0, 0.05) is 0 Å². The summed E-state index contributed by atoms with van der Waals surface area (Å²) in [5, 5.41) is 9.29. The molecule has 0 aliphatic heterocycles. The van der Waals surface area contributed by atoms with Crippen LogP contribution < -0.4 is 5.32 Å². The molecule has 1 N–H and O–H groups in total. The molecule has 0 fully saturated rings. The number of aromatic nitrogens is 4. The summed E-state index contributed by atoms with van der Waals surface area (Å²) < 4.78 is 1.79. The topological polar surface area (TPSA) is 72.7 Å². The van der Waals surface area contributed by atoms with Crippen LogP contribution in [0.2, 0.25) is 0 Å². The van der Waals surface area contributed by atoms with Gasteiger partial charge in [0.15, 0.2) is 5.65 Å². The van der Waals surface area contributed by atoms with E-state index in [-0.39, 0.29) is 11.9 Å². The molecule has 2 heterocycles. The lowest BCUT2D eigenvalue weighted by molar-refractivity contribution is -0.119. The maximum Gasteiger partial charge on any atom is 0.230 e. The minimum Gasteiger partial charge on any atom is -0.349 e. The van der Waals surface area contributed by atoms with Gasteiger partial charge in [0.2, 0.25) is 5.91 Å².